The molecule has 3 unspecified atom stereocenters. The van der Waals surface area contributed by atoms with Crippen molar-refractivity contribution in [2.24, 2.45) is 0 Å². The summed E-state index contributed by atoms with van der Waals surface area (Å²) in [5.41, 5.74) is 4.06. The van der Waals surface area contributed by atoms with Crippen molar-refractivity contribution in [2.45, 2.75) is 31.5 Å². The van der Waals surface area contributed by atoms with Gasteiger partial charge in [-0.15, -0.1) is 0 Å². The lowest BCUT2D eigenvalue weighted by atomic mass is 9.96. The number of hydrogen-bond donors (Lipinski definition) is 1. The molecule has 2 heterocycles. The topological polar surface area (TPSA) is 24.5 Å². The van der Waals surface area contributed by atoms with Gasteiger partial charge in [0.2, 0.25) is 0 Å². The molecule has 2 aliphatic heterocycles. The van der Waals surface area contributed by atoms with E-state index in [4.69, 9.17) is 4.74 Å². The zero-order valence-corrected chi connectivity index (χ0v) is 10.8. The van der Waals surface area contributed by atoms with Crippen LogP contribution in [0.2, 0.25) is 0 Å². The van der Waals surface area contributed by atoms with Gasteiger partial charge in [-0.25, -0.2) is 0 Å². The smallest absolute Gasteiger partial charge is 0.110 e. The van der Waals surface area contributed by atoms with Gasteiger partial charge in [0.15, 0.2) is 0 Å². The SMILES string of the molecule is CC1COCC(C)N1C12C=C1Nc1ccccc12.[HH]. The second-order valence-electron chi connectivity index (χ2n) is 5.64. The summed E-state index contributed by atoms with van der Waals surface area (Å²) in [5.74, 6) is 0. The standard InChI is InChI=1S/C15H18N2O.H2/c1-10-8-18-9-11(2)17(10)15-7-14(15)16-13-6-4-3-5-12(13)15;/h3-7,10-11,16H,8-9H2,1-2H3;1H. The highest BCUT2D eigenvalue weighted by Gasteiger charge is 2.58. The molecule has 3 heteroatoms. The summed E-state index contributed by atoms with van der Waals surface area (Å²) in [7, 11) is 0. The fourth-order valence-corrected chi connectivity index (χ4v) is 3.65. The quantitative estimate of drug-likeness (QED) is 0.821. The molecule has 3 nitrogen and oxygen atoms in total. The number of para-hydroxylation sites is 1. The first-order valence-corrected chi connectivity index (χ1v) is 6.69. The highest BCUT2D eigenvalue weighted by molar-refractivity contribution is 5.77. The van der Waals surface area contributed by atoms with E-state index in [0.717, 1.165) is 13.2 Å². The maximum atomic E-state index is 5.65. The van der Waals surface area contributed by atoms with Crippen molar-refractivity contribution in [1.82, 2.24) is 4.90 Å². The van der Waals surface area contributed by atoms with Crippen LogP contribution in [0.4, 0.5) is 5.69 Å². The van der Waals surface area contributed by atoms with Crippen molar-refractivity contribution in [3.63, 3.8) is 0 Å². The van der Waals surface area contributed by atoms with Crippen LogP contribution in [-0.2, 0) is 10.3 Å². The van der Waals surface area contributed by atoms with Gasteiger partial charge in [-0.3, -0.25) is 4.90 Å². The molecule has 0 bridgehead atoms. The molecule has 3 aliphatic rings. The van der Waals surface area contributed by atoms with Crippen LogP contribution in [0, 0.1) is 0 Å². The molecule has 96 valence electrons. The van der Waals surface area contributed by atoms with Gasteiger partial charge in [-0.1, -0.05) is 18.2 Å². The van der Waals surface area contributed by atoms with E-state index in [9.17, 15) is 0 Å². The van der Waals surface area contributed by atoms with Gasteiger partial charge in [0.05, 0.1) is 13.2 Å². The van der Waals surface area contributed by atoms with Gasteiger partial charge in [0, 0.05) is 30.5 Å². The lowest BCUT2D eigenvalue weighted by Gasteiger charge is -2.44. The summed E-state index contributed by atoms with van der Waals surface area (Å²) in [5, 5.41) is 3.53. The number of benzene rings is 1. The summed E-state index contributed by atoms with van der Waals surface area (Å²) in [4.78, 5) is 2.60. The second-order valence-corrected chi connectivity index (χ2v) is 5.64. The van der Waals surface area contributed by atoms with Crippen LogP contribution >= 0.6 is 0 Å². The van der Waals surface area contributed by atoms with Crippen molar-refractivity contribution in [1.29, 1.82) is 0 Å². The van der Waals surface area contributed by atoms with Gasteiger partial charge in [-0.05, 0) is 26.0 Å². The van der Waals surface area contributed by atoms with Gasteiger partial charge in [0.25, 0.3) is 0 Å². The maximum Gasteiger partial charge on any atom is 0.110 e. The molecule has 3 atom stereocenters. The van der Waals surface area contributed by atoms with Crippen LogP contribution in [0.15, 0.2) is 36.0 Å². The number of anilines is 1. The van der Waals surface area contributed by atoms with Crippen molar-refractivity contribution < 1.29 is 6.16 Å². The number of rotatable bonds is 1. The molecule has 1 N–H and O–H groups in total. The summed E-state index contributed by atoms with van der Waals surface area (Å²) in [6, 6.07) is 9.54. The Labute approximate surface area is 109 Å². The first-order valence-electron chi connectivity index (χ1n) is 6.69. The molecule has 1 fully saturated rings. The van der Waals surface area contributed by atoms with E-state index in [-0.39, 0.29) is 6.97 Å². The van der Waals surface area contributed by atoms with Crippen LogP contribution in [0.1, 0.15) is 20.8 Å². The zero-order valence-electron chi connectivity index (χ0n) is 10.8. The minimum atomic E-state index is 0. The molecule has 1 aromatic rings. The van der Waals surface area contributed by atoms with Crippen LogP contribution in [0.5, 0.6) is 0 Å². The summed E-state index contributed by atoms with van der Waals surface area (Å²) in [6.45, 7) is 6.18. The Balaban J connectivity index is 0.00000110. The van der Waals surface area contributed by atoms with E-state index in [1.807, 2.05) is 0 Å². The average Bonchev–Trinajstić information content (AvgIpc) is 2.97. The molecule has 0 amide bonds. The Hall–Kier alpha value is -1.32. The molecular weight excluding hydrogens is 224 g/mol. The number of ether oxygens (including phenoxy) is 1. The molecule has 1 aliphatic carbocycles. The Morgan fingerprint density at radius 3 is 2.78 bits per heavy atom. The van der Waals surface area contributed by atoms with Crippen LogP contribution < -0.4 is 5.32 Å². The molecule has 0 aromatic heterocycles. The third kappa shape index (κ3) is 1.16. The first kappa shape index (κ1) is 10.6. The summed E-state index contributed by atoms with van der Waals surface area (Å²) in [6.07, 6.45) is 2.35. The number of nitrogens with one attached hydrogen (secondary N) is 1. The molecule has 0 saturated carbocycles. The van der Waals surface area contributed by atoms with Gasteiger partial charge in [-0.2, -0.15) is 0 Å². The van der Waals surface area contributed by atoms with Crippen molar-refractivity contribution >= 4 is 5.69 Å². The summed E-state index contributed by atoms with van der Waals surface area (Å²) < 4.78 is 5.65. The van der Waals surface area contributed by atoms with Gasteiger partial charge in [0.1, 0.15) is 5.54 Å². The minimum Gasteiger partial charge on any atom is -0.378 e. The van der Waals surface area contributed by atoms with E-state index < -0.39 is 0 Å². The highest BCUT2D eigenvalue weighted by atomic mass is 16.5. The molecule has 4 rings (SSSR count). The molecule has 1 aromatic carbocycles. The van der Waals surface area contributed by atoms with Crippen LogP contribution in [0.25, 0.3) is 0 Å². The Bertz CT molecular complexity index is 535. The van der Waals surface area contributed by atoms with Crippen molar-refractivity contribution in [2.75, 3.05) is 18.5 Å². The summed E-state index contributed by atoms with van der Waals surface area (Å²) >= 11 is 0. The minimum absolute atomic E-state index is 0. The van der Waals surface area contributed by atoms with Gasteiger partial charge < -0.3 is 10.1 Å². The molecule has 18 heavy (non-hydrogen) atoms. The molecule has 1 saturated heterocycles. The van der Waals surface area contributed by atoms with Crippen molar-refractivity contribution in [3.05, 3.63) is 41.6 Å². The fraction of sp³-hybridized carbons (Fsp3) is 0.467. The Morgan fingerprint density at radius 2 is 2.00 bits per heavy atom. The maximum absolute atomic E-state index is 5.65. The molecule has 0 radical (unpaired) electrons. The Kier molecular flexibility index (Phi) is 1.98. The number of hydrogen-bond acceptors (Lipinski definition) is 3. The van der Waals surface area contributed by atoms with E-state index in [1.165, 1.54) is 16.9 Å². The molecule has 0 spiro atoms. The first-order chi connectivity index (χ1) is 8.73. The number of nitrogens with zero attached hydrogens (tertiary/aromatic N) is 1. The van der Waals surface area contributed by atoms with Crippen molar-refractivity contribution in [3.8, 4) is 0 Å². The largest absolute Gasteiger partial charge is 0.378 e. The normalized spacial score (nSPS) is 37.6. The predicted octanol–water partition coefficient (Wildman–Crippen LogP) is 2.56. The monoisotopic (exact) mass is 244 g/mol. The number of fused-ring (bicyclic) bond motifs is 3. The van der Waals surface area contributed by atoms with Crippen LogP contribution in [-0.4, -0.2) is 30.2 Å². The third-order valence-electron chi connectivity index (χ3n) is 4.36. The van der Waals surface area contributed by atoms with E-state index in [1.54, 1.807) is 0 Å². The van der Waals surface area contributed by atoms with E-state index in [2.05, 4.69) is 54.4 Å². The zero-order chi connectivity index (χ0) is 12.3. The van der Waals surface area contributed by atoms with E-state index in [0.29, 0.717) is 12.1 Å². The lowest BCUT2D eigenvalue weighted by molar-refractivity contribution is -0.0612. The predicted molar refractivity (Wildman–Crippen MR) is 73.5 cm³/mol. The highest BCUT2D eigenvalue weighted by Crippen LogP contribution is 2.58. The molecular formula is C15H20N2O. The third-order valence-corrected chi connectivity index (χ3v) is 4.36. The van der Waals surface area contributed by atoms with E-state index >= 15 is 0 Å². The van der Waals surface area contributed by atoms with Gasteiger partial charge >= 0.3 is 0 Å². The Morgan fingerprint density at radius 1 is 1.28 bits per heavy atom. The second kappa shape index (κ2) is 3.37. The fourth-order valence-electron chi connectivity index (χ4n) is 3.65. The number of morpholine rings is 1. The average molecular weight is 244 g/mol. The lowest BCUT2D eigenvalue weighted by Crippen LogP contribution is -2.55. The van der Waals surface area contributed by atoms with Crippen LogP contribution in [0.3, 0.4) is 0 Å².